The first-order valence-electron chi connectivity index (χ1n) is 6.76. The number of hydrogen-bond acceptors (Lipinski definition) is 2. The van der Waals surface area contributed by atoms with Crippen LogP contribution in [-0.4, -0.2) is 61.3 Å². The number of likely N-dealkylation sites (tertiary alicyclic amines) is 2. The van der Waals surface area contributed by atoms with E-state index in [1.165, 1.54) is 4.90 Å². The van der Waals surface area contributed by atoms with Gasteiger partial charge in [0.15, 0.2) is 0 Å². The third kappa shape index (κ3) is 4.56. The maximum atomic E-state index is 12.2. The van der Waals surface area contributed by atoms with Crippen LogP contribution >= 0.6 is 0 Å². The summed E-state index contributed by atoms with van der Waals surface area (Å²) in [6.45, 7) is 2.09. The fourth-order valence-corrected chi connectivity index (χ4v) is 2.74. The van der Waals surface area contributed by atoms with E-state index in [4.69, 9.17) is 0 Å². The van der Waals surface area contributed by atoms with E-state index >= 15 is 0 Å². The van der Waals surface area contributed by atoms with Gasteiger partial charge in [-0.15, -0.1) is 0 Å². The number of nitrogens with zero attached hydrogens (tertiary/aromatic N) is 2. The molecule has 0 aromatic rings. The second-order valence-electron chi connectivity index (χ2n) is 5.39. The minimum absolute atomic E-state index is 0.0771. The van der Waals surface area contributed by atoms with Crippen molar-refractivity contribution in [2.75, 3.05) is 39.3 Å². The van der Waals surface area contributed by atoms with Crippen LogP contribution < -0.4 is 5.32 Å². The molecule has 2 saturated heterocycles. The Balaban J connectivity index is 1.66. The number of alkyl halides is 3. The predicted molar refractivity (Wildman–Crippen MR) is 64.8 cm³/mol. The Hall–Kier alpha value is -0.980. The highest BCUT2D eigenvalue weighted by Gasteiger charge is 2.34. The van der Waals surface area contributed by atoms with Crippen molar-refractivity contribution in [3.8, 4) is 0 Å². The van der Waals surface area contributed by atoms with Crippen LogP contribution in [0.3, 0.4) is 0 Å². The quantitative estimate of drug-likeness (QED) is 0.853. The molecule has 19 heavy (non-hydrogen) atoms. The maximum Gasteiger partial charge on any atom is 0.401 e. The topological polar surface area (TPSA) is 35.6 Å². The lowest BCUT2D eigenvalue weighted by Gasteiger charge is -2.19. The molecule has 0 aliphatic carbocycles. The molecule has 0 bridgehead atoms. The number of halogens is 3. The molecule has 0 radical (unpaired) electrons. The molecule has 2 heterocycles. The van der Waals surface area contributed by atoms with Crippen molar-refractivity contribution in [3.63, 3.8) is 0 Å². The van der Waals surface area contributed by atoms with Gasteiger partial charge >= 0.3 is 12.2 Å². The second-order valence-corrected chi connectivity index (χ2v) is 5.39. The van der Waals surface area contributed by atoms with Gasteiger partial charge in [0.2, 0.25) is 0 Å². The molecule has 1 N–H and O–H groups in total. The lowest BCUT2D eigenvalue weighted by molar-refractivity contribution is -0.143. The van der Waals surface area contributed by atoms with Crippen LogP contribution in [0.4, 0.5) is 18.0 Å². The third-order valence-electron chi connectivity index (χ3n) is 3.71. The monoisotopic (exact) mass is 279 g/mol. The van der Waals surface area contributed by atoms with Crippen molar-refractivity contribution < 1.29 is 18.0 Å². The van der Waals surface area contributed by atoms with E-state index in [2.05, 4.69) is 5.32 Å². The predicted octanol–water partition coefficient (Wildman–Crippen LogP) is 1.68. The molecule has 2 amide bonds. The summed E-state index contributed by atoms with van der Waals surface area (Å²) in [4.78, 5) is 14.9. The van der Waals surface area contributed by atoms with Crippen LogP contribution in [0.15, 0.2) is 0 Å². The summed E-state index contributed by atoms with van der Waals surface area (Å²) in [5, 5.41) is 2.83. The zero-order valence-corrected chi connectivity index (χ0v) is 10.9. The van der Waals surface area contributed by atoms with Crippen molar-refractivity contribution in [1.29, 1.82) is 0 Å². The molecule has 4 nitrogen and oxygen atoms in total. The highest BCUT2D eigenvalue weighted by atomic mass is 19.4. The van der Waals surface area contributed by atoms with Crippen LogP contribution in [0.2, 0.25) is 0 Å². The maximum absolute atomic E-state index is 12.2. The zero-order valence-electron chi connectivity index (χ0n) is 10.9. The van der Waals surface area contributed by atoms with Crippen LogP contribution in [0.5, 0.6) is 0 Å². The molecule has 2 rings (SSSR count). The Kier molecular flexibility index (Phi) is 4.54. The lowest BCUT2D eigenvalue weighted by Crippen LogP contribution is -2.41. The number of rotatable bonds is 3. The number of hydrogen-bond donors (Lipinski definition) is 1. The minimum atomic E-state index is -4.13. The van der Waals surface area contributed by atoms with Crippen LogP contribution in [0, 0.1) is 5.92 Å². The summed E-state index contributed by atoms with van der Waals surface area (Å²) in [5.41, 5.74) is 0. The average Bonchev–Trinajstić information content (AvgIpc) is 2.94. The number of urea groups is 1. The number of nitrogens with one attached hydrogen (secondary N) is 1. The number of carbonyl (C=O) groups excluding carboxylic acids is 1. The molecular weight excluding hydrogens is 259 g/mol. The van der Waals surface area contributed by atoms with Crippen LogP contribution in [0.25, 0.3) is 0 Å². The summed E-state index contributed by atoms with van der Waals surface area (Å²) in [7, 11) is 0. The fraction of sp³-hybridized carbons (Fsp3) is 0.917. The van der Waals surface area contributed by atoms with E-state index in [0.717, 1.165) is 32.4 Å². The van der Waals surface area contributed by atoms with Gasteiger partial charge in [-0.1, -0.05) is 0 Å². The van der Waals surface area contributed by atoms with Crippen molar-refractivity contribution in [1.82, 2.24) is 15.1 Å². The van der Waals surface area contributed by atoms with E-state index in [0.29, 0.717) is 19.6 Å². The van der Waals surface area contributed by atoms with Crippen molar-refractivity contribution in [3.05, 3.63) is 0 Å². The highest BCUT2D eigenvalue weighted by molar-refractivity contribution is 5.74. The van der Waals surface area contributed by atoms with Crippen LogP contribution in [-0.2, 0) is 0 Å². The van der Waals surface area contributed by atoms with Crippen molar-refractivity contribution in [2.24, 2.45) is 5.92 Å². The fourth-order valence-electron chi connectivity index (χ4n) is 2.74. The summed E-state index contributed by atoms with van der Waals surface area (Å²) >= 11 is 0. The normalized spacial score (nSPS) is 25.0. The van der Waals surface area contributed by atoms with Crippen molar-refractivity contribution >= 4 is 6.03 Å². The summed E-state index contributed by atoms with van der Waals surface area (Å²) in [6, 6.07) is -0.0771. The largest absolute Gasteiger partial charge is 0.401 e. The van der Waals surface area contributed by atoms with Gasteiger partial charge in [0.1, 0.15) is 0 Å². The molecular formula is C12H20F3N3O. The lowest BCUT2D eigenvalue weighted by atomic mass is 10.1. The number of carbonyl (C=O) groups is 1. The average molecular weight is 279 g/mol. The molecule has 110 valence electrons. The second kappa shape index (κ2) is 5.98. The van der Waals surface area contributed by atoms with Gasteiger partial charge in [-0.3, -0.25) is 4.90 Å². The van der Waals surface area contributed by atoms with Gasteiger partial charge in [-0.25, -0.2) is 4.79 Å². The third-order valence-corrected chi connectivity index (χ3v) is 3.71. The van der Waals surface area contributed by atoms with E-state index in [1.54, 1.807) is 4.90 Å². The van der Waals surface area contributed by atoms with Gasteiger partial charge in [-0.2, -0.15) is 13.2 Å². The molecule has 2 aliphatic rings. The summed E-state index contributed by atoms with van der Waals surface area (Å²) < 4.78 is 36.7. The molecule has 1 atom stereocenters. The Morgan fingerprint density at radius 2 is 1.89 bits per heavy atom. The molecule has 0 spiro atoms. The first-order valence-corrected chi connectivity index (χ1v) is 6.76. The highest BCUT2D eigenvalue weighted by Crippen LogP contribution is 2.22. The number of amides is 2. The summed E-state index contributed by atoms with van der Waals surface area (Å²) in [6.07, 6.45) is -1.34. The minimum Gasteiger partial charge on any atom is -0.338 e. The van der Waals surface area contributed by atoms with E-state index < -0.39 is 12.7 Å². The van der Waals surface area contributed by atoms with Gasteiger partial charge in [-0.05, 0) is 31.7 Å². The SMILES string of the molecule is O=C(NCC1CCN(CC(F)(F)F)C1)N1CCCC1. The first kappa shape index (κ1) is 14.4. The van der Waals surface area contributed by atoms with Gasteiger partial charge < -0.3 is 10.2 Å². The van der Waals surface area contributed by atoms with Crippen molar-refractivity contribution in [2.45, 2.75) is 25.4 Å². The Morgan fingerprint density at radius 1 is 1.21 bits per heavy atom. The van der Waals surface area contributed by atoms with Gasteiger partial charge in [0.25, 0.3) is 0 Å². The molecule has 2 fully saturated rings. The first-order chi connectivity index (χ1) is 8.94. The molecule has 0 aromatic carbocycles. The van der Waals surface area contributed by atoms with E-state index in [9.17, 15) is 18.0 Å². The van der Waals surface area contributed by atoms with Crippen LogP contribution in [0.1, 0.15) is 19.3 Å². The molecule has 1 unspecified atom stereocenters. The van der Waals surface area contributed by atoms with Gasteiger partial charge in [0, 0.05) is 26.2 Å². The Labute approximate surface area is 110 Å². The summed E-state index contributed by atoms with van der Waals surface area (Å²) in [5.74, 6) is 0.133. The Morgan fingerprint density at radius 3 is 2.53 bits per heavy atom. The van der Waals surface area contributed by atoms with E-state index in [1.807, 2.05) is 0 Å². The standard InChI is InChI=1S/C12H20F3N3O/c13-12(14,15)9-17-6-3-10(8-17)7-16-11(19)18-4-1-2-5-18/h10H,1-9H2,(H,16,19). The molecule has 0 saturated carbocycles. The molecule has 2 aliphatic heterocycles. The Bertz CT molecular complexity index is 316. The molecule has 7 heteroatoms. The van der Waals surface area contributed by atoms with Gasteiger partial charge in [0.05, 0.1) is 6.54 Å². The molecule has 0 aromatic heterocycles. The smallest absolute Gasteiger partial charge is 0.338 e. The zero-order chi connectivity index (χ0) is 13.9. The van der Waals surface area contributed by atoms with E-state index in [-0.39, 0.29) is 11.9 Å².